The molecule has 0 aliphatic carbocycles. The van der Waals surface area contributed by atoms with Crippen molar-refractivity contribution in [3.63, 3.8) is 0 Å². The molecule has 0 N–H and O–H groups in total. The van der Waals surface area contributed by atoms with Crippen LogP contribution in [0.5, 0.6) is 0 Å². The van der Waals surface area contributed by atoms with Crippen LogP contribution in [-0.2, 0) is 11.2 Å². The van der Waals surface area contributed by atoms with Crippen LogP contribution >= 0.6 is 11.6 Å². The molecule has 0 aromatic heterocycles. The highest BCUT2D eigenvalue weighted by Crippen LogP contribution is 2.11. The fourth-order valence-corrected chi connectivity index (χ4v) is 1.47. The number of carbonyl (C=O) groups is 1. The molecule has 1 rings (SSSR count). The second-order valence-electron chi connectivity index (χ2n) is 3.42. The minimum Gasteiger partial charge on any atom is -0.344 e. The summed E-state index contributed by atoms with van der Waals surface area (Å²) in [5, 5.41) is 0. The van der Waals surface area contributed by atoms with E-state index < -0.39 is 11.6 Å². The number of benzene rings is 1. The number of halogens is 3. The van der Waals surface area contributed by atoms with Crippen molar-refractivity contribution >= 4 is 17.5 Å². The number of likely N-dealkylation sites (N-methyl/N-ethyl adjacent to an activating group) is 1. The zero-order valence-electron chi connectivity index (χ0n) is 8.84. The second kappa shape index (κ2) is 5.80. The van der Waals surface area contributed by atoms with E-state index >= 15 is 0 Å². The first-order chi connectivity index (χ1) is 7.54. The van der Waals surface area contributed by atoms with E-state index in [0.717, 1.165) is 12.1 Å². The molecule has 2 nitrogen and oxygen atoms in total. The van der Waals surface area contributed by atoms with Gasteiger partial charge in [-0.05, 0) is 11.6 Å². The number of hydrogen-bond donors (Lipinski definition) is 0. The maximum atomic E-state index is 13.2. The Labute approximate surface area is 97.8 Å². The van der Waals surface area contributed by atoms with Gasteiger partial charge in [0.25, 0.3) is 0 Å². The van der Waals surface area contributed by atoms with E-state index in [1.807, 2.05) is 0 Å². The lowest BCUT2D eigenvalue weighted by atomic mass is 10.1. The van der Waals surface area contributed by atoms with Gasteiger partial charge in [-0.15, -0.1) is 11.6 Å². The Bertz CT molecular complexity index is 384. The van der Waals surface area contributed by atoms with Gasteiger partial charge in [0.15, 0.2) is 0 Å². The lowest BCUT2D eigenvalue weighted by Gasteiger charge is -2.15. The molecule has 1 aromatic carbocycles. The van der Waals surface area contributed by atoms with E-state index in [2.05, 4.69) is 0 Å². The van der Waals surface area contributed by atoms with Crippen molar-refractivity contribution in [3.8, 4) is 0 Å². The van der Waals surface area contributed by atoms with E-state index in [4.69, 9.17) is 11.6 Å². The van der Waals surface area contributed by atoms with E-state index in [9.17, 15) is 13.6 Å². The highest BCUT2D eigenvalue weighted by molar-refractivity contribution is 6.18. The average molecular weight is 248 g/mol. The third kappa shape index (κ3) is 3.45. The number of hydrogen-bond acceptors (Lipinski definition) is 1. The number of carbonyl (C=O) groups excluding carboxylic acids is 1. The predicted octanol–water partition coefficient (Wildman–Crippen LogP) is 2.20. The Hall–Kier alpha value is -1.16. The van der Waals surface area contributed by atoms with E-state index in [1.165, 1.54) is 11.0 Å². The second-order valence-corrected chi connectivity index (χ2v) is 3.79. The molecular formula is C11H12ClF2NO. The number of alkyl halides is 1. The van der Waals surface area contributed by atoms with Gasteiger partial charge in [-0.3, -0.25) is 4.79 Å². The molecule has 0 bridgehead atoms. The smallest absolute Gasteiger partial charge is 0.226 e. The average Bonchev–Trinajstić information content (AvgIpc) is 2.22. The summed E-state index contributed by atoms with van der Waals surface area (Å²) in [6.45, 7) is 0.406. The topological polar surface area (TPSA) is 20.3 Å². The van der Waals surface area contributed by atoms with E-state index in [-0.39, 0.29) is 17.9 Å². The predicted molar refractivity (Wildman–Crippen MR) is 58.4 cm³/mol. The molecule has 5 heteroatoms. The largest absolute Gasteiger partial charge is 0.344 e. The number of nitrogens with zero attached hydrogens (tertiary/aromatic N) is 1. The van der Waals surface area contributed by atoms with Gasteiger partial charge in [0.1, 0.15) is 11.6 Å². The van der Waals surface area contributed by atoms with E-state index in [1.54, 1.807) is 7.05 Å². The molecule has 0 atom stereocenters. The Morgan fingerprint density at radius 2 is 2.12 bits per heavy atom. The monoisotopic (exact) mass is 247 g/mol. The van der Waals surface area contributed by atoms with Gasteiger partial charge in [-0.25, -0.2) is 8.78 Å². The van der Waals surface area contributed by atoms with Crippen LogP contribution in [0.3, 0.4) is 0 Å². The highest BCUT2D eigenvalue weighted by atomic mass is 35.5. The Kier molecular flexibility index (Phi) is 4.68. The lowest BCUT2D eigenvalue weighted by Crippen LogP contribution is -2.30. The summed E-state index contributed by atoms with van der Waals surface area (Å²) in [6.07, 6.45) is -0.0838. The Morgan fingerprint density at radius 3 is 2.69 bits per heavy atom. The number of amides is 1. The minimum atomic E-state index is -0.701. The van der Waals surface area contributed by atoms with Gasteiger partial charge in [0.05, 0.1) is 6.42 Å². The van der Waals surface area contributed by atoms with Crippen molar-refractivity contribution in [2.75, 3.05) is 19.5 Å². The van der Waals surface area contributed by atoms with Crippen LogP contribution in [0.1, 0.15) is 5.56 Å². The van der Waals surface area contributed by atoms with Crippen LogP contribution in [0.4, 0.5) is 8.78 Å². The summed E-state index contributed by atoms with van der Waals surface area (Å²) in [7, 11) is 1.59. The fraction of sp³-hybridized carbons (Fsp3) is 0.364. The molecule has 88 valence electrons. The molecule has 0 spiro atoms. The van der Waals surface area contributed by atoms with Gasteiger partial charge >= 0.3 is 0 Å². The summed E-state index contributed by atoms with van der Waals surface area (Å²) in [6, 6.07) is 3.18. The Morgan fingerprint density at radius 1 is 1.44 bits per heavy atom. The molecule has 0 aliphatic heterocycles. The summed E-state index contributed by atoms with van der Waals surface area (Å²) >= 11 is 5.48. The molecular weight excluding hydrogens is 236 g/mol. The summed E-state index contributed by atoms with van der Waals surface area (Å²) in [4.78, 5) is 13.0. The fourth-order valence-electron chi connectivity index (χ4n) is 1.21. The molecule has 0 unspecified atom stereocenters. The van der Waals surface area contributed by atoms with Crippen molar-refractivity contribution in [1.29, 1.82) is 0 Å². The standard InChI is InChI=1S/C11H12ClF2NO/c1-15(5-4-12)11(16)6-8-2-3-9(13)7-10(8)14/h2-3,7H,4-6H2,1H3. The molecule has 0 fully saturated rings. The quantitative estimate of drug-likeness (QED) is 0.747. The van der Waals surface area contributed by atoms with Crippen molar-refractivity contribution < 1.29 is 13.6 Å². The first kappa shape index (κ1) is 12.9. The van der Waals surface area contributed by atoms with Crippen LogP contribution < -0.4 is 0 Å². The van der Waals surface area contributed by atoms with Crippen LogP contribution in [0.15, 0.2) is 18.2 Å². The zero-order valence-corrected chi connectivity index (χ0v) is 9.60. The van der Waals surface area contributed by atoms with Crippen LogP contribution in [-0.4, -0.2) is 30.3 Å². The van der Waals surface area contributed by atoms with Crippen molar-refractivity contribution in [3.05, 3.63) is 35.4 Å². The number of rotatable bonds is 4. The van der Waals surface area contributed by atoms with Gasteiger partial charge in [0, 0.05) is 25.5 Å². The maximum absolute atomic E-state index is 13.2. The van der Waals surface area contributed by atoms with Crippen LogP contribution in [0.2, 0.25) is 0 Å². The molecule has 0 aliphatic rings. The maximum Gasteiger partial charge on any atom is 0.226 e. The normalized spacial score (nSPS) is 10.2. The molecule has 0 radical (unpaired) electrons. The van der Waals surface area contributed by atoms with Gasteiger partial charge in [-0.2, -0.15) is 0 Å². The van der Waals surface area contributed by atoms with Crippen molar-refractivity contribution in [2.24, 2.45) is 0 Å². The Balaban J connectivity index is 2.69. The lowest BCUT2D eigenvalue weighted by molar-refractivity contribution is -0.128. The molecule has 16 heavy (non-hydrogen) atoms. The summed E-state index contributed by atoms with van der Waals surface area (Å²) < 4.78 is 25.8. The molecule has 1 aromatic rings. The first-order valence-corrected chi connectivity index (χ1v) is 5.32. The highest BCUT2D eigenvalue weighted by Gasteiger charge is 2.12. The van der Waals surface area contributed by atoms with Gasteiger partial charge < -0.3 is 4.90 Å². The third-order valence-corrected chi connectivity index (χ3v) is 2.37. The van der Waals surface area contributed by atoms with Crippen LogP contribution in [0.25, 0.3) is 0 Å². The third-order valence-electron chi connectivity index (χ3n) is 2.20. The first-order valence-electron chi connectivity index (χ1n) is 4.78. The summed E-state index contributed by atoms with van der Waals surface area (Å²) in [5.74, 6) is -1.27. The van der Waals surface area contributed by atoms with Crippen molar-refractivity contribution in [2.45, 2.75) is 6.42 Å². The molecule has 0 saturated carbocycles. The summed E-state index contributed by atoms with van der Waals surface area (Å²) in [5.41, 5.74) is 0.188. The van der Waals surface area contributed by atoms with Gasteiger partial charge in [-0.1, -0.05) is 6.07 Å². The SMILES string of the molecule is CN(CCCl)C(=O)Cc1ccc(F)cc1F. The molecule has 0 saturated heterocycles. The minimum absolute atomic E-state index is 0.0838. The van der Waals surface area contributed by atoms with Crippen LogP contribution in [0, 0.1) is 11.6 Å². The molecule has 0 heterocycles. The zero-order chi connectivity index (χ0) is 12.1. The van der Waals surface area contributed by atoms with Crippen molar-refractivity contribution in [1.82, 2.24) is 4.90 Å². The molecule has 1 amide bonds. The van der Waals surface area contributed by atoms with Gasteiger partial charge in [0.2, 0.25) is 5.91 Å². The van der Waals surface area contributed by atoms with E-state index in [0.29, 0.717) is 12.4 Å².